The smallest absolute Gasteiger partial charge is 0.256 e. The van der Waals surface area contributed by atoms with Gasteiger partial charge in [0.25, 0.3) is 11.8 Å². The molecular formula is C24H37N5O3. The average molecular weight is 444 g/mol. The normalized spacial score (nSPS) is 23.7. The molecule has 8 heteroatoms. The van der Waals surface area contributed by atoms with Crippen LogP contribution in [0.25, 0.3) is 0 Å². The molecule has 3 rings (SSSR count). The number of carbonyl (C=O) groups excluding carboxylic acids is 3. The molecule has 32 heavy (non-hydrogen) atoms. The fourth-order valence-electron chi connectivity index (χ4n) is 4.98. The van der Waals surface area contributed by atoms with Gasteiger partial charge in [0.05, 0.1) is 11.4 Å². The summed E-state index contributed by atoms with van der Waals surface area (Å²) in [6.45, 7) is 12.4. The van der Waals surface area contributed by atoms with E-state index in [1.165, 1.54) is 0 Å². The predicted molar refractivity (Wildman–Crippen MR) is 126 cm³/mol. The van der Waals surface area contributed by atoms with Gasteiger partial charge in [-0.25, -0.2) is 0 Å². The Hall–Kier alpha value is -2.61. The highest BCUT2D eigenvalue weighted by Gasteiger charge is 2.40. The van der Waals surface area contributed by atoms with E-state index in [9.17, 15) is 14.4 Å². The van der Waals surface area contributed by atoms with Crippen molar-refractivity contribution in [1.82, 2.24) is 16.0 Å². The number of hydrogen-bond acceptors (Lipinski definition) is 5. The minimum absolute atomic E-state index is 0.000175. The number of nitrogens with one attached hydrogen (secondary N) is 5. The summed E-state index contributed by atoms with van der Waals surface area (Å²) in [4.78, 5) is 38.8. The van der Waals surface area contributed by atoms with Crippen LogP contribution in [-0.4, -0.2) is 46.9 Å². The molecule has 2 aliphatic rings. The fraction of sp³-hybridized carbons (Fsp3) is 0.625. The number of anilines is 2. The van der Waals surface area contributed by atoms with Crippen LogP contribution < -0.4 is 26.6 Å². The van der Waals surface area contributed by atoms with Gasteiger partial charge in [-0.1, -0.05) is 32.4 Å². The van der Waals surface area contributed by atoms with E-state index in [4.69, 9.17) is 0 Å². The van der Waals surface area contributed by atoms with Crippen molar-refractivity contribution in [3.63, 3.8) is 0 Å². The maximum Gasteiger partial charge on any atom is 0.256 e. The van der Waals surface area contributed by atoms with Gasteiger partial charge >= 0.3 is 0 Å². The van der Waals surface area contributed by atoms with Crippen molar-refractivity contribution in [3.8, 4) is 0 Å². The Morgan fingerprint density at radius 2 is 1.69 bits per heavy atom. The molecule has 3 amide bonds. The molecule has 1 aromatic carbocycles. The van der Waals surface area contributed by atoms with E-state index in [2.05, 4.69) is 54.3 Å². The summed E-state index contributed by atoms with van der Waals surface area (Å²) in [7, 11) is 0. The molecule has 3 atom stereocenters. The molecule has 0 saturated carbocycles. The number of para-hydroxylation sites is 2. The van der Waals surface area contributed by atoms with Crippen molar-refractivity contribution in [2.45, 2.75) is 90.0 Å². The lowest BCUT2D eigenvalue weighted by Gasteiger charge is -2.47. The van der Waals surface area contributed by atoms with Crippen molar-refractivity contribution in [2.24, 2.45) is 5.92 Å². The largest absolute Gasteiger partial charge is 0.364 e. The lowest BCUT2D eigenvalue weighted by molar-refractivity contribution is -0.133. The minimum atomic E-state index is -1.10. The molecule has 8 nitrogen and oxygen atoms in total. The van der Waals surface area contributed by atoms with E-state index in [1.54, 1.807) is 12.1 Å². The lowest BCUT2D eigenvalue weighted by Crippen LogP contribution is -2.64. The number of amides is 3. The van der Waals surface area contributed by atoms with Crippen LogP contribution in [0, 0.1) is 5.92 Å². The van der Waals surface area contributed by atoms with E-state index < -0.39 is 23.9 Å². The van der Waals surface area contributed by atoms with Crippen molar-refractivity contribution in [2.75, 3.05) is 10.6 Å². The highest BCUT2D eigenvalue weighted by Crippen LogP contribution is 2.29. The Balaban J connectivity index is 1.70. The molecular weight excluding hydrogens is 406 g/mol. The minimum Gasteiger partial charge on any atom is -0.364 e. The first kappa shape index (κ1) is 24.0. The van der Waals surface area contributed by atoms with Crippen LogP contribution in [-0.2, 0) is 14.4 Å². The van der Waals surface area contributed by atoms with E-state index >= 15 is 0 Å². The molecule has 1 fully saturated rings. The Morgan fingerprint density at radius 1 is 1.09 bits per heavy atom. The standard InChI is InChI=1S/C24H37N5O3/c1-7-14(2)18(20(30)25-15-12-23(3,4)29-24(5,6)13-15)28-22(32)19-21(31)27-17-11-9-8-10-16(17)26-19/h8-11,14-15,18-19,26,29H,7,12-13H2,1-6H3,(H,25,30)(H,27,31)(H,28,32)/t14-,18+,19-/m1/s1. The number of carbonyl (C=O) groups is 3. The van der Waals surface area contributed by atoms with Gasteiger partial charge in [0.2, 0.25) is 5.91 Å². The van der Waals surface area contributed by atoms with E-state index in [1.807, 2.05) is 26.0 Å². The second-order valence-electron chi connectivity index (χ2n) is 10.5. The van der Waals surface area contributed by atoms with Gasteiger partial charge in [-0.2, -0.15) is 0 Å². The summed E-state index contributed by atoms with van der Waals surface area (Å²) in [5.41, 5.74) is 1.10. The number of hydrogen-bond donors (Lipinski definition) is 5. The highest BCUT2D eigenvalue weighted by molar-refractivity contribution is 6.16. The molecule has 0 spiro atoms. The third-order valence-electron chi connectivity index (χ3n) is 6.34. The van der Waals surface area contributed by atoms with Crippen molar-refractivity contribution in [3.05, 3.63) is 24.3 Å². The first-order chi connectivity index (χ1) is 14.9. The van der Waals surface area contributed by atoms with Crippen LogP contribution in [0.4, 0.5) is 11.4 Å². The molecule has 0 aromatic heterocycles. The summed E-state index contributed by atoms with van der Waals surface area (Å²) in [5, 5.41) is 15.4. The SMILES string of the molecule is CC[C@@H](C)[C@H](NC(=O)[C@@H]1Nc2ccccc2NC1=O)C(=O)NC1CC(C)(C)NC(C)(C)C1. The average Bonchev–Trinajstić information content (AvgIpc) is 2.68. The topological polar surface area (TPSA) is 111 Å². The Morgan fingerprint density at radius 3 is 2.28 bits per heavy atom. The van der Waals surface area contributed by atoms with Gasteiger partial charge in [0.1, 0.15) is 6.04 Å². The Bertz CT molecular complexity index is 866. The Labute approximate surface area is 190 Å². The monoisotopic (exact) mass is 443 g/mol. The van der Waals surface area contributed by atoms with Gasteiger partial charge in [-0.3, -0.25) is 14.4 Å². The van der Waals surface area contributed by atoms with Gasteiger partial charge < -0.3 is 26.6 Å². The first-order valence-corrected chi connectivity index (χ1v) is 11.5. The van der Waals surface area contributed by atoms with Crippen molar-refractivity contribution >= 4 is 29.1 Å². The molecule has 2 heterocycles. The van der Waals surface area contributed by atoms with Gasteiger partial charge in [0.15, 0.2) is 6.04 Å². The van der Waals surface area contributed by atoms with Crippen LogP contribution in [0.15, 0.2) is 24.3 Å². The molecule has 0 radical (unpaired) electrons. The van der Waals surface area contributed by atoms with Gasteiger partial charge in [-0.05, 0) is 58.6 Å². The maximum atomic E-state index is 13.3. The molecule has 0 aliphatic carbocycles. The van der Waals surface area contributed by atoms with E-state index in [-0.39, 0.29) is 28.9 Å². The van der Waals surface area contributed by atoms with Crippen LogP contribution >= 0.6 is 0 Å². The summed E-state index contributed by atoms with van der Waals surface area (Å²) >= 11 is 0. The zero-order valence-corrected chi connectivity index (χ0v) is 20.0. The van der Waals surface area contributed by atoms with Crippen LogP contribution in [0.3, 0.4) is 0 Å². The number of fused-ring (bicyclic) bond motifs is 1. The van der Waals surface area contributed by atoms with Crippen LogP contribution in [0.5, 0.6) is 0 Å². The third-order valence-corrected chi connectivity index (χ3v) is 6.34. The van der Waals surface area contributed by atoms with Crippen LogP contribution in [0.1, 0.15) is 60.8 Å². The predicted octanol–water partition coefficient (Wildman–Crippen LogP) is 2.38. The zero-order valence-electron chi connectivity index (χ0n) is 20.0. The fourth-order valence-corrected chi connectivity index (χ4v) is 4.98. The molecule has 1 aromatic rings. The molecule has 5 N–H and O–H groups in total. The molecule has 0 unspecified atom stereocenters. The number of rotatable bonds is 6. The second kappa shape index (κ2) is 9.10. The van der Waals surface area contributed by atoms with E-state index in [0.29, 0.717) is 17.8 Å². The molecule has 0 bridgehead atoms. The lowest BCUT2D eigenvalue weighted by atomic mass is 9.79. The highest BCUT2D eigenvalue weighted by atomic mass is 16.2. The number of piperidine rings is 1. The van der Waals surface area contributed by atoms with E-state index in [0.717, 1.165) is 12.8 Å². The summed E-state index contributed by atoms with van der Waals surface area (Å²) in [6, 6.07) is 5.39. The molecule has 2 aliphatic heterocycles. The van der Waals surface area contributed by atoms with Gasteiger partial charge in [-0.15, -0.1) is 0 Å². The summed E-state index contributed by atoms with van der Waals surface area (Å²) in [6.07, 6.45) is 2.31. The summed E-state index contributed by atoms with van der Waals surface area (Å²) < 4.78 is 0. The van der Waals surface area contributed by atoms with Gasteiger partial charge in [0, 0.05) is 17.1 Å². The third kappa shape index (κ3) is 5.59. The van der Waals surface area contributed by atoms with Crippen LogP contribution in [0.2, 0.25) is 0 Å². The summed E-state index contributed by atoms with van der Waals surface area (Å²) in [5.74, 6) is -1.24. The first-order valence-electron chi connectivity index (χ1n) is 11.5. The van der Waals surface area contributed by atoms with Crippen molar-refractivity contribution in [1.29, 1.82) is 0 Å². The second-order valence-corrected chi connectivity index (χ2v) is 10.5. The quantitative estimate of drug-likeness (QED) is 0.434. The zero-order chi connectivity index (χ0) is 23.7. The molecule has 1 saturated heterocycles. The Kier molecular flexibility index (Phi) is 6.83. The van der Waals surface area contributed by atoms with Crippen molar-refractivity contribution < 1.29 is 14.4 Å². The molecule has 176 valence electrons. The maximum absolute atomic E-state index is 13.3. The number of benzene rings is 1.